The molecule has 1 aliphatic rings. The zero-order valence-corrected chi connectivity index (χ0v) is 15.7. The van der Waals surface area contributed by atoms with Gasteiger partial charge in [-0.3, -0.25) is 14.6 Å². The summed E-state index contributed by atoms with van der Waals surface area (Å²) >= 11 is 0. The van der Waals surface area contributed by atoms with Crippen molar-refractivity contribution in [3.63, 3.8) is 0 Å². The third-order valence-electron chi connectivity index (χ3n) is 5.16. The molecule has 4 rings (SSSR count). The lowest BCUT2D eigenvalue weighted by molar-refractivity contribution is 0.304. The molecule has 3 aromatic heterocycles. The van der Waals surface area contributed by atoms with Crippen LogP contribution in [0.4, 0.5) is 5.82 Å². The van der Waals surface area contributed by atoms with E-state index in [2.05, 4.69) is 20.5 Å². The van der Waals surface area contributed by atoms with Crippen LogP contribution in [0.2, 0.25) is 0 Å². The van der Waals surface area contributed by atoms with Crippen molar-refractivity contribution in [3.05, 3.63) is 69.5 Å². The Hall–Kier alpha value is -3.29. The van der Waals surface area contributed by atoms with Gasteiger partial charge in [0, 0.05) is 43.2 Å². The summed E-state index contributed by atoms with van der Waals surface area (Å²) in [6, 6.07) is 10.7. The van der Waals surface area contributed by atoms with Gasteiger partial charge in [-0.2, -0.15) is 10.2 Å². The Morgan fingerprint density at radius 2 is 1.61 bits per heavy atom. The molecule has 3 aromatic rings. The molecule has 1 aliphatic carbocycles. The van der Waals surface area contributed by atoms with Crippen molar-refractivity contribution in [2.24, 2.45) is 7.05 Å². The molecule has 0 aliphatic heterocycles. The summed E-state index contributed by atoms with van der Waals surface area (Å²) in [4.78, 5) is 27.9. The summed E-state index contributed by atoms with van der Waals surface area (Å²) in [7, 11) is 1.64. The number of nitrogens with one attached hydrogen (secondary N) is 1. The van der Waals surface area contributed by atoms with Gasteiger partial charge < -0.3 is 5.32 Å². The van der Waals surface area contributed by atoms with Crippen LogP contribution >= 0.6 is 0 Å². The highest BCUT2D eigenvalue weighted by Gasteiger charge is 2.24. The molecule has 1 saturated carbocycles. The molecule has 8 heteroatoms. The van der Waals surface area contributed by atoms with Crippen LogP contribution < -0.4 is 16.4 Å². The van der Waals surface area contributed by atoms with Crippen molar-refractivity contribution in [2.45, 2.75) is 37.8 Å². The summed E-state index contributed by atoms with van der Waals surface area (Å²) in [6.45, 7) is 0. The Bertz CT molecular complexity index is 1070. The van der Waals surface area contributed by atoms with E-state index in [0.29, 0.717) is 5.82 Å². The van der Waals surface area contributed by atoms with Crippen molar-refractivity contribution in [2.75, 3.05) is 5.32 Å². The normalized spacial score (nSPS) is 19.3. The fourth-order valence-electron chi connectivity index (χ4n) is 3.62. The van der Waals surface area contributed by atoms with Crippen LogP contribution in [0.15, 0.2) is 58.4 Å². The molecule has 0 unspecified atom stereocenters. The summed E-state index contributed by atoms with van der Waals surface area (Å²) in [5, 5.41) is 12.2. The van der Waals surface area contributed by atoms with Gasteiger partial charge in [0.05, 0.1) is 11.7 Å². The third-order valence-corrected chi connectivity index (χ3v) is 5.16. The first-order valence-corrected chi connectivity index (χ1v) is 9.41. The zero-order valence-electron chi connectivity index (χ0n) is 15.7. The lowest BCUT2D eigenvalue weighted by Crippen LogP contribution is -2.33. The minimum Gasteiger partial charge on any atom is -0.366 e. The SMILES string of the molecule is Cn1nc(NC2CCC(n3nc(-c4ccncc4)ccc3=O)CC2)ccc1=O. The van der Waals surface area contributed by atoms with Crippen LogP contribution in [0.25, 0.3) is 11.3 Å². The van der Waals surface area contributed by atoms with Gasteiger partial charge in [-0.1, -0.05) is 0 Å². The molecule has 0 amide bonds. The number of pyridine rings is 1. The van der Waals surface area contributed by atoms with Crippen LogP contribution in [0.3, 0.4) is 0 Å². The van der Waals surface area contributed by atoms with E-state index < -0.39 is 0 Å². The van der Waals surface area contributed by atoms with E-state index in [9.17, 15) is 9.59 Å². The standard InChI is InChI=1S/C20H22N6O2/c1-25-19(27)9-7-18(24-25)22-15-2-4-16(5-3-15)26-20(28)8-6-17(23-26)14-10-12-21-13-11-14/h6-13,15-16H,2-5H2,1H3,(H,22,24). The molecular formula is C20H22N6O2. The summed E-state index contributed by atoms with van der Waals surface area (Å²) < 4.78 is 2.94. The van der Waals surface area contributed by atoms with Gasteiger partial charge >= 0.3 is 0 Å². The van der Waals surface area contributed by atoms with Crippen molar-refractivity contribution in [1.82, 2.24) is 24.5 Å². The maximum absolute atomic E-state index is 12.4. The van der Waals surface area contributed by atoms with Crippen molar-refractivity contribution >= 4 is 5.82 Å². The van der Waals surface area contributed by atoms with E-state index in [0.717, 1.165) is 36.9 Å². The zero-order chi connectivity index (χ0) is 19.5. The van der Waals surface area contributed by atoms with Gasteiger partial charge in [0.2, 0.25) is 0 Å². The van der Waals surface area contributed by atoms with E-state index in [1.165, 1.54) is 10.7 Å². The average molecular weight is 378 g/mol. The molecule has 0 saturated heterocycles. The van der Waals surface area contributed by atoms with Crippen LogP contribution in [-0.4, -0.2) is 30.6 Å². The highest BCUT2D eigenvalue weighted by atomic mass is 16.1. The third kappa shape index (κ3) is 3.85. The van der Waals surface area contributed by atoms with Gasteiger partial charge in [0.25, 0.3) is 11.1 Å². The second-order valence-corrected chi connectivity index (χ2v) is 7.07. The Morgan fingerprint density at radius 1 is 0.893 bits per heavy atom. The smallest absolute Gasteiger partial charge is 0.267 e. The van der Waals surface area contributed by atoms with E-state index in [-0.39, 0.29) is 23.2 Å². The molecule has 8 nitrogen and oxygen atoms in total. The van der Waals surface area contributed by atoms with Crippen LogP contribution in [-0.2, 0) is 7.05 Å². The Morgan fingerprint density at radius 3 is 2.32 bits per heavy atom. The van der Waals surface area contributed by atoms with Gasteiger partial charge in [-0.25, -0.2) is 9.36 Å². The molecular weight excluding hydrogens is 356 g/mol. The molecule has 1 fully saturated rings. The van der Waals surface area contributed by atoms with E-state index in [4.69, 9.17) is 0 Å². The number of hydrogen-bond donors (Lipinski definition) is 1. The highest BCUT2D eigenvalue weighted by molar-refractivity contribution is 5.57. The van der Waals surface area contributed by atoms with Crippen LogP contribution in [0, 0.1) is 0 Å². The monoisotopic (exact) mass is 378 g/mol. The predicted octanol–water partition coefficient (Wildman–Crippen LogP) is 1.99. The minimum atomic E-state index is -0.131. The molecule has 28 heavy (non-hydrogen) atoms. The van der Waals surface area contributed by atoms with Crippen molar-refractivity contribution < 1.29 is 0 Å². The van der Waals surface area contributed by atoms with Crippen molar-refractivity contribution in [1.29, 1.82) is 0 Å². The Labute approximate surface area is 161 Å². The quantitative estimate of drug-likeness (QED) is 0.746. The number of rotatable bonds is 4. The average Bonchev–Trinajstić information content (AvgIpc) is 2.72. The minimum absolute atomic E-state index is 0.0751. The Kier molecular flexibility index (Phi) is 5.01. The fraction of sp³-hybridized carbons (Fsp3) is 0.350. The summed E-state index contributed by atoms with van der Waals surface area (Å²) in [5.41, 5.74) is 1.51. The molecule has 0 spiro atoms. The summed E-state index contributed by atoms with van der Waals surface area (Å²) in [6.07, 6.45) is 6.96. The number of anilines is 1. The number of aromatic nitrogens is 5. The lowest BCUT2D eigenvalue weighted by Gasteiger charge is -2.30. The number of nitrogens with zero attached hydrogens (tertiary/aromatic N) is 5. The van der Waals surface area contributed by atoms with Gasteiger partial charge in [-0.05, 0) is 49.9 Å². The van der Waals surface area contributed by atoms with E-state index in [1.54, 1.807) is 42.3 Å². The van der Waals surface area contributed by atoms with Gasteiger partial charge in [0.15, 0.2) is 0 Å². The van der Waals surface area contributed by atoms with Gasteiger partial charge in [0.1, 0.15) is 5.82 Å². The first kappa shape index (κ1) is 18.1. The number of aryl methyl sites for hydroxylation is 1. The molecule has 0 bridgehead atoms. The molecule has 144 valence electrons. The van der Waals surface area contributed by atoms with Crippen molar-refractivity contribution in [3.8, 4) is 11.3 Å². The molecule has 3 heterocycles. The summed E-state index contributed by atoms with van der Waals surface area (Å²) in [5.74, 6) is 0.695. The molecule has 0 atom stereocenters. The maximum atomic E-state index is 12.4. The largest absolute Gasteiger partial charge is 0.366 e. The Balaban J connectivity index is 1.45. The van der Waals surface area contributed by atoms with Gasteiger partial charge in [-0.15, -0.1) is 0 Å². The van der Waals surface area contributed by atoms with Crippen LogP contribution in [0.1, 0.15) is 31.7 Å². The molecule has 0 radical (unpaired) electrons. The topological polar surface area (TPSA) is 94.7 Å². The maximum Gasteiger partial charge on any atom is 0.267 e. The lowest BCUT2D eigenvalue weighted by atomic mass is 9.91. The predicted molar refractivity (Wildman–Crippen MR) is 106 cm³/mol. The van der Waals surface area contributed by atoms with E-state index >= 15 is 0 Å². The first-order valence-electron chi connectivity index (χ1n) is 9.41. The fourth-order valence-corrected chi connectivity index (χ4v) is 3.62. The second kappa shape index (κ2) is 7.75. The molecule has 1 N–H and O–H groups in total. The van der Waals surface area contributed by atoms with E-state index in [1.807, 2.05) is 12.1 Å². The number of hydrogen-bond acceptors (Lipinski definition) is 6. The molecule has 0 aromatic carbocycles. The second-order valence-electron chi connectivity index (χ2n) is 7.07. The highest BCUT2D eigenvalue weighted by Crippen LogP contribution is 2.29. The van der Waals surface area contributed by atoms with Crippen LogP contribution in [0.5, 0.6) is 0 Å². The first-order chi connectivity index (χ1) is 13.6.